The first-order chi connectivity index (χ1) is 24.3. The molecule has 0 aromatic heterocycles. The first kappa shape index (κ1) is 41.7. The molecule has 12 nitrogen and oxygen atoms in total. The molecule has 0 unspecified atom stereocenters. The number of anilines is 1. The van der Waals surface area contributed by atoms with E-state index in [1.54, 1.807) is 58.8 Å². The van der Waals surface area contributed by atoms with Crippen molar-refractivity contribution in [3.63, 3.8) is 0 Å². The molecule has 4 rings (SSSR count). The standard InChI is InChI=1S/C38H54ClN3O9S/c1-21(2)52-14-13-31(44)41(8)25(6)35(46)50-30-18-32(45)42(9)28-17-26(16-23(4)33(28)39)15-22(3)11-10-12-27(20-43)38(48)19-29(49-36(47)40-38)24(5)34-37(30,7)51-34/h10-12,16-17,21,24-25,27,29-30,34,43,48H,13-15,18-20H2,1-9H3,(H,40,47)/b12-10+,22-11+/t24-,25+,27+,29+,30+,34+,37+,38+/m1/s1. The van der Waals surface area contributed by atoms with Gasteiger partial charge in [0.05, 0.1) is 29.8 Å². The van der Waals surface area contributed by atoms with E-state index >= 15 is 0 Å². The van der Waals surface area contributed by atoms with E-state index in [0.29, 0.717) is 28.1 Å². The second kappa shape index (κ2) is 16.9. The van der Waals surface area contributed by atoms with Gasteiger partial charge in [0.15, 0.2) is 5.72 Å². The Morgan fingerprint density at radius 1 is 1.23 bits per heavy atom. The maximum absolute atomic E-state index is 14.1. The number of hydrogen-bond donors (Lipinski definition) is 3. The normalized spacial score (nSPS) is 31.8. The number of halogens is 1. The van der Waals surface area contributed by atoms with Crippen LogP contribution < -0.4 is 10.2 Å². The number of likely N-dealkylation sites (N-methyl/N-ethyl adjacent to an activating group) is 1. The third-order valence-electron chi connectivity index (χ3n) is 10.4. The van der Waals surface area contributed by atoms with E-state index in [1.165, 1.54) is 9.80 Å². The summed E-state index contributed by atoms with van der Waals surface area (Å²) < 4.78 is 18.0. The summed E-state index contributed by atoms with van der Waals surface area (Å²) in [7, 11) is 3.17. The molecule has 2 saturated heterocycles. The second-order valence-corrected chi connectivity index (χ2v) is 16.9. The molecular weight excluding hydrogens is 710 g/mol. The predicted octanol–water partition coefficient (Wildman–Crippen LogP) is 4.94. The monoisotopic (exact) mass is 763 g/mol. The number of ether oxygens (including phenoxy) is 3. The highest BCUT2D eigenvalue weighted by molar-refractivity contribution is 7.99. The number of nitrogens with one attached hydrogen (secondary N) is 1. The Hall–Kier alpha value is -3.10. The molecule has 0 saturated carbocycles. The van der Waals surface area contributed by atoms with Crippen LogP contribution in [0.5, 0.6) is 0 Å². The lowest BCUT2D eigenvalue weighted by Crippen LogP contribution is -2.62. The van der Waals surface area contributed by atoms with Gasteiger partial charge in [-0.15, -0.1) is 0 Å². The summed E-state index contributed by atoms with van der Waals surface area (Å²) >= 11 is 8.41. The van der Waals surface area contributed by atoms with Crippen molar-refractivity contribution in [3.05, 3.63) is 52.1 Å². The molecule has 2 fully saturated rings. The number of carbonyl (C=O) groups excluding carboxylic acids is 4. The first-order valence-corrected chi connectivity index (χ1v) is 19.2. The topological polar surface area (TPSA) is 158 Å². The van der Waals surface area contributed by atoms with Crippen LogP contribution in [0.1, 0.15) is 71.9 Å². The molecule has 3 N–H and O–H groups in total. The van der Waals surface area contributed by atoms with Crippen LogP contribution in [0.25, 0.3) is 0 Å². The number of epoxide rings is 1. The Balaban J connectivity index is 1.71. The zero-order valence-electron chi connectivity index (χ0n) is 31.6. The molecule has 0 spiro atoms. The van der Waals surface area contributed by atoms with Gasteiger partial charge in [0, 0.05) is 44.5 Å². The molecule has 52 heavy (non-hydrogen) atoms. The van der Waals surface area contributed by atoms with Crippen LogP contribution in [0.15, 0.2) is 35.9 Å². The molecule has 0 radical (unpaired) electrons. The number of benzene rings is 1. The molecule has 8 atom stereocenters. The maximum atomic E-state index is 14.1. The van der Waals surface area contributed by atoms with Gasteiger partial charge in [-0.2, -0.15) is 11.8 Å². The van der Waals surface area contributed by atoms with Crippen molar-refractivity contribution >= 4 is 52.9 Å². The van der Waals surface area contributed by atoms with Crippen molar-refractivity contribution in [2.45, 2.75) is 115 Å². The van der Waals surface area contributed by atoms with E-state index in [1.807, 2.05) is 45.9 Å². The summed E-state index contributed by atoms with van der Waals surface area (Å²) in [4.78, 5) is 56.3. The second-order valence-electron chi connectivity index (χ2n) is 14.8. The van der Waals surface area contributed by atoms with Crippen LogP contribution in [0.3, 0.4) is 0 Å². The van der Waals surface area contributed by atoms with Gasteiger partial charge in [0.1, 0.15) is 23.9 Å². The minimum atomic E-state index is -1.83. The average molecular weight is 764 g/mol. The SMILES string of the molecule is C/C1=C\C=C\[C@@H](CO)[C@@]2(O)C[C@H](OC(=O)N2)[C@@H](C)[C@@H]2O[C@@]2(C)[C@@H](OC(=O)[C@H](C)N(C)C(=O)CCSC(C)C)CC(=O)N(C)c2cc(cc(C)c2Cl)C1. The Kier molecular flexibility index (Phi) is 13.6. The third-order valence-corrected chi connectivity index (χ3v) is 12.0. The zero-order chi connectivity index (χ0) is 38.7. The van der Waals surface area contributed by atoms with Gasteiger partial charge >= 0.3 is 12.1 Å². The van der Waals surface area contributed by atoms with Crippen molar-refractivity contribution in [2.24, 2.45) is 11.8 Å². The van der Waals surface area contributed by atoms with E-state index in [-0.39, 0.29) is 31.1 Å². The lowest BCUT2D eigenvalue weighted by molar-refractivity contribution is -0.161. The van der Waals surface area contributed by atoms with Crippen LogP contribution in [-0.4, -0.2) is 106 Å². The van der Waals surface area contributed by atoms with Gasteiger partial charge < -0.3 is 34.2 Å². The lowest BCUT2D eigenvalue weighted by atomic mass is 9.81. The molecular formula is C38H54ClN3O9S. The number of carbonyl (C=O) groups is 4. The molecule has 3 aliphatic heterocycles. The summed E-state index contributed by atoms with van der Waals surface area (Å²) in [6.07, 6.45) is 2.21. The first-order valence-electron chi connectivity index (χ1n) is 17.8. The number of fused-ring (bicyclic) bond motifs is 5. The van der Waals surface area contributed by atoms with Gasteiger partial charge in [-0.1, -0.05) is 62.2 Å². The molecule has 4 bridgehead atoms. The highest BCUT2D eigenvalue weighted by Gasteiger charge is 2.64. The summed E-state index contributed by atoms with van der Waals surface area (Å²) in [5, 5.41) is 25.2. The zero-order valence-corrected chi connectivity index (χ0v) is 33.2. The quantitative estimate of drug-likeness (QED) is 0.245. The summed E-state index contributed by atoms with van der Waals surface area (Å²) in [6.45, 7) is 12.5. The predicted molar refractivity (Wildman–Crippen MR) is 201 cm³/mol. The number of esters is 1. The number of rotatable bonds is 8. The minimum Gasteiger partial charge on any atom is -0.457 e. The highest BCUT2D eigenvalue weighted by atomic mass is 35.5. The van der Waals surface area contributed by atoms with Crippen molar-refractivity contribution < 1.29 is 43.6 Å². The number of nitrogens with zero attached hydrogens (tertiary/aromatic N) is 2. The number of allylic oxidation sites excluding steroid dienone is 3. The molecule has 3 aliphatic rings. The molecule has 1 aromatic carbocycles. The Labute approximate surface area is 316 Å². The van der Waals surface area contributed by atoms with Gasteiger partial charge in [-0.3, -0.25) is 14.9 Å². The minimum absolute atomic E-state index is 0.0666. The molecule has 14 heteroatoms. The summed E-state index contributed by atoms with van der Waals surface area (Å²) in [5.41, 5.74) is 0.0940. The number of aliphatic hydroxyl groups excluding tert-OH is 1. The third kappa shape index (κ3) is 9.52. The number of thioether (sulfide) groups is 1. The van der Waals surface area contributed by atoms with Crippen LogP contribution in [0.4, 0.5) is 10.5 Å². The maximum Gasteiger partial charge on any atom is 0.409 e. The number of alkyl carbamates (subject to hydrolysis) is 1. The van der Waals surface area contributed by atoms with Crippen LogP contribution in [0.2, 0.25) is 5.02 Å². The van der Waals surface area contributed by atoms with Crippen molar-refractivity contribution in [3.8, 4) is 0 Å². The fourth-order valence-corrected chi connectivity index (χ4v) is 7.84. The van der Waals surface area contributed by atoms with E-state index in [2.05, 4.69) is 5.32 Å². The van der Waals surface area contributed by atoms with Gasteiger partial charge in [-0.05, 0) is 56.6 Å². The van der Waals surface area contributed by atoms with Gasteiger partial charge in [0.25, 0.3) is 0 Å². The summed E-state index contributed by atoms with van der Waals surface area (Å²) in [5.74, 6) is -2.07. The summed E-state index contributed by atoms with van der Waals surface area (Å²) in [6, 6.07) is 2.84. The largest absolute Gasteiger partial charge is 0.457 e. The van der Waals surface area contributed by atoms with Crippen molar-refractivity contribution in [1.29, 1.82) is 0 Å². The van der Waals surface area contributed by atoms with Gasteiger partial charge in [-0.25, -0.2) is 9.59 Å². The number of aryl methyl sites for hydroxylation is 1. The van der Waals surface area contributed by atoms with E-state index in [9.17, 15) is 29.4 Å². The Morgan fingerprint density at radius 2 is 1.92 bits per heavy atom. The molecule has 288 valence electrons. The Bertz CT molecular complexity index is 1590. The Morgan fingerprint density at radius 3 is 2.58 bits per heavy atom. The molecule has 3 heterocycles. The average Bonchev–Trinajstić information content (AvgIpc) is 3.77. The fraction of sp³-hybridized carbons (Fsp3) is 0.632. The fourth-order valence-electron chi connectivity index (χ4n) is 6.84. The number of hydrogen-bond acceptors (Lipinski definition) is 10. The van der Waals surface area contributed by atoms with E-state index in [0.717, 1.165) is 16.7 Å². The number of amides is 3. The van der Waals surface area contributed by atoms with Crippen LogP contribution >= 0.6 is 23.4 Å². The van der Waals surface area contributed by atoms with E-state index in [4.69, 9.17) is 25.8 Å². The highest BCUT2D eigenvalue weighted by Crippen LogP contribution is 2.49. The van der Waals surface area contributed by atoms with Crippen LogP contribution in [-0.2, 0) is 35.0 Å². The molecule has 1 aromatic rings. The lowest BCUT2D eigenvalue weighted by Gasteiger charge is -2.42. The molecule has 3 amide bonds. The van der Waals surface area contributed by atoms with Crippen molar-refractivity contribution in [2.75, 3.05) is 31.4 Å². The van der Waals surface area contributed by atoms with E-state index < -0.39 is 66.2 Å². The van der Waals surface area contributed by atoms with Crippen molar-refractivity contribution in [1.82, 2.24) is 10.2 Å². The number of aliphatic hydroxyl groups is 2. The molecule has 0 aliphatic carbocycles. The smallest absolute Gasteiger partial charge is 0.409 e. The van der Waals surface area contributed by atoms with Gasteiger partial charge in [0.2, 0.25) is 11.8 Å². The van der Waals surface area contributed by atoms with Crippen LogP contribution in [0, 0.1) is 18.8 Å².